The summed E-state index contributed by atoms with van der Waals surface area (Å²) >= 11 is 0. The van der Waals surface area contributed by atoms with E-state index >= 15 is 0 Å². The van der Waals surface area contributed by atoms with Gasteiger partial charge >= 0.3 is 6.16 Å². The van der Waals surface area contributed by atoms with Gasteiger partial charge in [0.25, 0.3) is 0 Å². The molecule has 0 aromatic heterocycles. The van der Waals surface area contributed by atoms with Crippen molar-refractivity contribution in [3.8, 4) is 0 Å². The minimum absolute atomic E-state index is 0.189. The molecule has 0 aliphatic carbocycles. The van der Waals surface area contributed by atoms with Crippen LogP contribution in [0.4, 0.5) is 4.79 Å². The Labute approximate surface area is 142 Å². The maximum atomic E-state index is 10.9. The average molecular weight is 328 g/mol. The lowest BCUT2D eigenvalue weighted by Gasteiger charge is -2.31. The summed E-state index contributed by atoms with van der Waals surface area (Å²) in [5.74, 6) is 0. The van der Waals surface area contributed by atoms with Crippen LogP contribution in [0, 0.1) is 5.41 Å². The number of rotatable bonds is 14. The molecular weight excluding hydrogens is 292 g/mol. The number of hydrogen-bond donors (Lipinski definition) is 0. The van der Waals surface area contributed by atoms with Crippen LogP contribution in [0.2, 0.25) is 0 Å². The maximum absolute atomic E-state index is 10.9. The van der Waals surface area contributed by atoms with E-state index < -0.39 is 6.16 Å². The number of cyclic esters (lactones) is 2. The normalized spacial score (nSPS) is 16.9. The van der Waals surface area contributed by atoms with Gasteiger partial charge in [-0.2, -0.15) is 0 Å². The van der Waals surface area contributed by atoms with Crippen LogP contribution in [0.25, 0.3) is 0 Å². The van der Waals surface area contributed by atoms with Crippen LogP contribution in [0.1, 0.15) is 84.5 Å². The Morgan fingerprint density at radius 1 is 0.870 bits per heavy atom. The van der Waals surface area contributed by atoms with Gasteiger partial charge in [-0.05, 0) is 6.42 Å². The molecule has 0 N–H and O–H groups in total. The van der Waals surface area contributed by atoms with E-state index in [9.17, 15) is 4.79 Å². The molecule has 136 valence electrons. The van der Waals surface area contributed by atoms with Crippen molar-refractivity contribution in [2.24, 2.45) is 5.41 Å². The summed E-state index contributed by atoms with van der Waals surface area (Å²) in [5, 5.41) is 0. The van der Waals surface area contributed by atoms with Gasteiger partial charge in [0, 0.05) is 6.61 Å². The van der Waals surface area contributed by atoms with Gasteiger partial charge in [0.05, 0.1) is 12.0 Å². The van der Waals surface area contributed by atoms with E-state index in [-0.39, 0.29) is 5.41 Å². The van der Waals surface area contributed by atoms with Gasteiger partial charge in [0.15, 0.2) is 0 Å². The Kier molecular flexibility index (Phi) is 11.1. The molecule has 0 unspecified atom stereocenters. The molecule has 1 aliphatic heterocycles. The quantitative estimate of drug-likeness (QED) is 0.312. The SMILES string of the molecule is CCCCCCCCCCCCCOCC1(C)COC(=O)OC1. The van der Waals surface area contributed by atoms with Crippen molar-refractivity contribution in [1.82, 2.24) is 0 Å². The average Bonchev–Trinajstić information content (AvgIpc) is 2.55. The zero-order chi connectivity index (χ0) is 16.8. The van der Waals surface area contributed by atoms with Crippen LogP contribution in [0.15, 0.2) is 0 Å². The highest BCUT2D eigenvalue weighted by Crippen LogP contribution is 2.22. The van der Waals surface area contributed by atoms with Gasteiger partial charge in [-0.25, -0.2) is 4.79 Å². The second kappa shape index (κ2) is 12.6. The van der Waals surface area contributed by atoms with Crippen molar-refractivity contribution < 1.29 is 19.0 Å². The largest absolute Gasteiger partial charge is 0.508 e. The molecule has 1 fully saturated rings. The van der Waals surface area contributed by atoms with Crippen LogP contribution in [-0.4, -0.2) is 32.6 Å². The third-order valence-corrected chi connectivity index (χ3v) is 4.42. The maximum Gasteiger partial charge on any atom is 0.508 e. The van der Waals surface area contributed by atoms with Crippen molar-refractivity contribution in [2.45, 2.75) is 84.5 Å². The van der Waals surface area contributed by atoms with Crippen molar-refractivity contribution in [2.75, 3.05) is 26.4 Å². The molecule has 23 heavy (non-hydrogen) atoms. The molecule has 1 heterocycles. The molecule has 0 radical (unpaired) electrons. The smallest absolute Gasteiger partial charge is 0.433 e. The van der Waals surface area contributed by atoms with Crippen LogP contribution >= 0.6 is 0 Å². The Bertz CT molecular complexity index is 294. The summed E-state index contributed by atoms with van der Waals surface area (Å²) in [6, 6.07) is 0. The zero-order valence-electron chi connectivity index (χ0n) is 15.2. The highest BCUT2D eigenvalue weighted by atomic mass is 16.7. The number of hydrogen-bond acceptors (Lipinski definition) is 4. The summed E-state index contributed by atoms with van der Waals surface area (Å²) in [6.07, 6.45) is 14.2. The molecule has 4 heteroatoms. The standard InChI is InChI=1S/C19H36O4/c1-3-4-5-6-7-8-9-10-11-12-13-14-21-15-19(2)16-22-18(20)23-17-19/h3-17H2,1-2H3. The van der Waals surface area contributed by atoms with Crippen LogP contribution in [0.5, 0.6) is 0 Å². The van der Waals surface area contributed by atoms with Crippen molar-refractivity contribution in [3.05, 3.63) is 0 Å². The highest BCUT2D eigenvalue weighted by molar-refractivity contribution is 5.60. The molecule has 0 aromatic rings. The van der Waals surface area contributed by atoms with Gasteiger partial charge in [-0.1, -0.05) is 78.1 Å². The van der Waals surface area contributed by atoms with Gasteiger partial charge in [-0.3, -0.25) is 0 Å². The Hall–Kier alpha value is -0.770. The van der Waals surface area contributed by atoms with Crippen LogP contribution in [0.3, 0.4) is 0 Å². The fourth-order valence-electron chi connectivity index (χ4n) is 2.82. The molecule has 0 saturated carbocycles. The molecule has 0 amide bonds. The molecule has 0 spiro atoms. The lowest BCUT2D eigenvalue weighted by atomic mass is 9.94. The van der Waals surface area contributed by atoms with Crippen molar-refractivity contribution in [3.63, 3.8) is 0 Å². The van der Waals surface area contributed by atoms with Gasteiger partial charge < -0.3 is 14.2 Å². The summed E-state index contributed by atoms with van der Waals surface area (Å²) in [4.78, 5) is 10.9. The van der Waals surface area contributed by atoms with Crippen molar-refractivity contribution in [1.29, 1.82) is 0 Å². The summed E-state index contributed by atoms with van der Waals surface area (Å²) in [7, 11) is 0. The number of unbranched alkanes of at least 4 members (excludes halogenated alkanes) is 10. The predicted molar refractivity (Wildman–Crippen MR) is 92.7 cm³/mol. The van der Waals surface area contributed by atoms with Gasteiger partial charge in [0.2, 0.25) is 0 Å². The lowest BCUT2D eigenvalue weighted by molar-refractivity contribution is -0.0852. The minimum atomic E-state index is -0.562. The van der Waals surface area contributed by atoms with E-state index in [4.69, 9.17) is 14.2 Å². The van der Waals surface area contributed by atoms with Crippen LogP contribution < -0.4 is 0 Å². The third-order valence-electron chi connectivity index (χ3n) is 4.42. The van der Waals surface area contributed by atoms with Crippen molar-refractivity contribution >= 4 is 6.16 Å². The first-order chi connectivity index (χ1) is 11.2. The number of carbonyl (C=O) groups is 1. The Morgan fingerprint density at radius 2 is 1.35 bits per heavy atom. The van der Waals surface area contributed by atoms with Crippen LogP contribution in [-0.2, 0) is 14.2 Å². The molecule has 0 atom stereocenters. The second-order valence-corrected chi connectivity index (χ2v) is 7.23. The van der Waals surface area contributed by atoms with E-state index in [2.05, 4.69) is 6.92 Å². The van der Waals surface area contributed by atoms with E-state index in [1.165, 1.54) is 64.2 Å². The molecule has 4 nitrogen and oxygen atoms in total. The monoisotopic (exact) mass is 328 g/mol. The fraction of sp³-hybridized carbons (Fsp3) is 0.947. The molecule has 0 aromatic carbocycles. The van der Waals surface area contributed by atoms with E-state index in [1.807, 2.05) is 6.92 Å². The molecule has 1 rings (SSSR count). The number of carbonyl (C=O) groups excluding carboxylic acids is 1. The fourth-order valence-corrected chi connectivity index (χ4v) is 2.82. The molecule has 0 bridgehead atoms. The number of ether oxygens (including phenoxy) is 3. The summed E-state index contributed by atoms with van der Waals surface area (Å²) in [6.45, 7) is 6.47. The van der Waals surface area contributed by atoms with Gasteiger partial charge in [-0.15, -0.1) is 0 Å². The topological polar surface area (TPSA) is 44.8 Å². The van der Waals surface area contributed by atoms with E-state index in [1.54, 1.807) is 0 Å². The summed E-state index contributed by atoms with van der Waals surface area (Å²) < 4.78 is 15.6. The highest BCUT2D eigenvalue weighted by Gasteiger charge is 2.33. The zero-order valence-corrected chi connectivity index (χ0v) is 15.2. The predicted octanol–water partition coefficient (Wildman–Crippen LogP) is 5.49. The first-order valence-electron chi connectivity index (χ1n) is 9.53. The molecule has 1 saturated heterocycles. The Balaban J connectivity index is 1.80. The second-order valence-electron chi connectivity index (χ2n) is 7.23. The lowest BCUT2D eigenvalue weighted by Crippen LogP contribution is -2.40. The molecular formula is C19H36O4. The Morgan fingerprint density at radius 3 is 1.87 bits per heavy atom. The minimum Gasteiger partial charge on any atom is -0.433 e. The third kappa shape index (κ3) is 10.6. The van der Waals surface area contributed by atoms with Gasteiger partial charge in [0.1, 0.15) is 13.2 Å². The molecule has 1 aliphatic rings. The summed E-state index contributed by atoms with van der Waals surface area (Å²) in [5.41, 5.74) is -0.189. The van der Waals surface area contributed by atoms with E-state index in [0.717, 1.165) is 13.0 Å². The first kappa shape index (κ1) is 20.3. The first-order valence-corrected chi connectivity index (χ1v) is 9.53. The van der Waals surface area contributed by atoms with E-state index in [0.29, 0.717) is 19.8 Å².